The third-order valence-electron chi connectivity index (χ3n) is 5.01. The average Bonchev–Trinajstić information content (AvgIpc) is 3.20. The molecule has 1 aliphatic heterocycles. The van der Waals surface area contributed by atoms with E-state index >= 15 is 0 Å². The fraction of sp³-hybridized carbons (Fsp3) is 0.409. The molecule has 1 unspecified atom stereocenters. The van der Waals surface area contributed by atoms with Crippen molar-refractivity contribution in [3.05, 3.63) is 57.6 Å². The molecule has 1 saturated heterocycles. The van der Waals surface area contributed by atoms with Crippen LogP contribution in [0.25, 0.3) is 0 Å². The Kier molecular flexibility index (Phi) is 7.28. The van der Waals surface area contributed by atoms with Crippen molar-refractivity contribution in [1.82, 2.24) is 4.90 Å². The predicted octanol–water partition coefficient (Wildman–Crippen LogP) is 4.89. The van der Waals surface area contributed by atoms with Crippen LogP contribution >= 0.6 is 23.2 Å². The van der Waals surface area contributed by atoms with Crippen molar-refractivity contribution in [3.63, 3.8) is 0 Å². The van der Waals surface area contributed by atoms with Gasteiger partial charge in [0.15, 0.2) is 5.75 Å². The first-order valence-corrected chi connectivity index (χ1v) is 10.3. The molecule has 1 amide bonds. The Morgan fingerprint density at radius 3 is 2.34 bits per heavy atom. The lowest BCUT2D eigenvalue weighted by Gasteiger charge is -2.26. The van der Waals surface area contributed by atoms with E-state index in [0.717, 1.165) is 30.7 Å². The molecule has 1 atom stereocenters. The van der Waals surface area contributed by atoms with Crippen LogP contribution in [-0.2, 0) is 11.3 Å². The van der Waals surface area contributed by atoms with Gasteiger partial charge in [0.1, 0.15) is 0 Å². The third-order valence-corrected chi connectivity index (χ3v) is 5.57. The van der Waals surface area contributed by atoms with Gasteiger partial charge in [0, 0.05) is 45.0 Å². The molecule has 0 N–H and O–H groups in total. The summed E-state index contributed by atoms with van der Waals surface area (Å²) in [5.41, 5.74) is 2.59. The van der Waals surface area contributed by atoms with E-state index in [9.17, 15) is 4.79 Å². The number of methoxy groups -OCH3 is 1. The van der Waals surface area contributed by atoms with E-state index in [0.29, 0.717) is 34.4 Å². The Morgan fingerprint density at radius 1 is 1.17 bits per heavy atom. The molecule has 0 aromatic heterocycles. The number of anilines is 1. The molecule has 0 bridgehead atoms. The molecule has 2 aromatic rings. The van der Waals surface area contributed by atoms with E-state index in [1.54, 1.807) is 17.0 Å². The van der Waals surface area contributed by atoms with Crippen LogP contribution in [0.2, 0.25) is 10.0 Å². The van der Waals surface area contributed by atoms with Crippen molar-refractivity contribution in [2.24, 2.45) is 0 Å². The average molecular weight is 437 g/mol. The molecular formula is C22H26Cl2N2O3. The summed E-state index contributed by atoms with van der Waals surface area (Å²) in [5.74, 6) is 0.235. The van der Waals surface area contributed by atoms with Crippen LogP contribution in [-0.4, -0.2) is 51.3 Å². The summed E-state index contributed by atoms with van der Waals surface area (Å²) in [6.45, 7) is 1.74. The molecule has 0 spiro atoms. The van der Waals surface area contributed by atoms with Gasteiger partial charge in [-0.05, 0) is 42.7 Å². The Hall–Kier alpha value is -1.95. The Balaban J connectivity index is 1.85. The first-order valence-electron chi connectivity index (χ1n) is 9.59. The van der Waals surface area contributed by atoms with Crippen molar-refractivity contribution in [2.45, 2.75) is 25.5 Å². The second-order valence-electron chi connectivity index (χ2n) is 7.35. The van der Waals surface area contributed by atoms with Crippen molar-refractivity contribution in [3.8, 4) is 5.75 Å². The number of benzene rings is 2. The van der Waals surface area contributed by atoms with Crippen LogP contribution in [0.5, 0.6) is 5.75 Å². The van der Waals surface area contributed by atoms with E-state index in [1.807, 2.05) is 43.3 Å². The van der Waals surface area contributed by atoms with Gasteiger partial charge in [-0.1, -0.05) is 35.3 Å². The lowest BCUT2D eigenvalue weighted by Crippen LogP contribution is -2.37. The Labute approximate surface area is 182 Å². The zero-order valence-electron chi connectivity index (χ0n) is 17.0. The molecule has 0 saturated carbocycles. The molecule has 7 heteroatoms. The van der Waals surface area contributed by atoms with Crippen LogP contribution in [0.4, 0.5) is 5.69 Å². The summed E-state index contributed by atoms with van der Waals surface area (Å²) >= 11 is 12.5. The zero-order chi connectivity index (χ0) is 21.0. The van der Waals surface area contributed by atoms with Gasteiger partial charge in [0.25, 0.3) is 5.91 Å². The molecule has 1 heterocycles. The van der Waals surface area contributed by atoms with Gasteiger partial charge in [0.2, 0.25) is 0 Å². The quantitative estimate of drug-likeness (QED) is 0.619. The maximum absolute atomic E-state index is 13.3. The van der Waals surface area contributed by atoms with E-state index in [2.05, 4.69) is 0 Å². The highest BCUT2D eigenvalue weighted by Crippen LogP contribution is 2.34. The van der Waals surface area contributed by atoms with Gasteiger partial charge in [0.05, 0.1) is 23.3 Å². The van der Waals surface area contributed by atoms with Crippen LogP contribution < -0.4 is 9.64 Å². The summed E-state index contributed by atoms with van der Waals surface area (Å²) in [4.78, 5) is 17.2. The van der Waals surface area contributed by atoms with Gasteiger partial charge in [-0.25, -0.2) is 0 Å². The molecule has 156 valence electrons. The molecule has 1 aliphatic rings. The molecule has 0 radical (unpaired) electrons. The Morgan fingerprint density at radius 2 is 1.83 bits per heavy atom. The number of ether oxygens (including phenoxy) is 2. The summed E-state index contributed by atoms with van der Waals surface area (Å²) in [6.07, 6.45) is 2.02. The number of hydrogen-bond donors (Lipinski definition) is 0. The van der Waals surface area contributed by atoms with Crippen molar-refractivity contribution < 1.29 is 14.3 Å². The number of carbonyl (C=O) groups excluding carboxylic acids is 1. The summed E-state index contributed by atoms with van der Waals surface area (Å²) in [5, 5.41) is 0.631. The number of carbonyl (C=O) groups is 1. The smallest absolute Gasteiger partial charge is 0.254 e. The standard InChI is InChI=1S/C22H26Cl2N2O3/c1-25(2)17-8-6-15(7-9-17)13-26(14-18-5-4-10-29-18)22(27)16-11-19(23)21(28-3)20(24)12-16/h6-9,11-12,18H,4-5,10,13-14H2,1-3H3. The largest absolute Gasteiger partial charge is 0.494 e. The normalized spacial score (nSPS) is 16.0. The SMILES string of the molecule is COc1c(Cl)cc(C(=O)N(Cc2ccc(N(C)C)cc2)CC2CCCO2)cc1Cl. The number of nitrogens with zero attached hydrogens (tertiary/aromatic N) is 2. The van der Waals surface area contributed by atoms with Gasteiger partial charge < -0.3 is 19.3 Å². The van der Waals surface area contributed by atoms with Crippen molar-refractivity contribution in [1.29, 1.82) is 0 Å². The number of amides is 1. The molecule has 3 rings (SSSR count). The molecule has 2 aromatic carbocycles. The second-order valence-corrected chi connectivity index (χ2v) is 8.17. The highest BCUT2D eigenvalue weighted by molar-refractivity contribution is 6.37. The lowest BCUT2D eigenvalue weighted by molar-refractivity contribution is 0.0507. The molecular weight excluding hydrogens is 411 g/mol. The summed E-state index contributed by atoms with van der Waals surface area (Å²) < 4.78 is 11.0. The highest BCUT2D eigenvalue weighted by atomic mass is 35.5. The maximum Gasteiger partial charge on any atom is 0.254 e. The van der Waals surface area contributed by atoms with Gasteiger partial charge in [-0.2, -0.15) is 0 Å². The van der Waals surface area contributed by atoms with Gasteiger partial charge in [-0.15, -0.1) is 0 Å². The molecule has 29 heavy (non-hydrogen) atoms. The molecule has 1 fully saturated rings. The second kappa shape index (κ2) is 9.70. The maximum atomic E-state index is 13.3. The minimum atomic E-state index is -0.136. The molecule has 5 nitrogen and oxygen atoms in total. The fourth-order valence-corrected chi connectivity index (χ4v) is 4.08. The van der Waals surface area contributed by atoms with E-state index in [-0.39, 0.29) is 12.0 Å². The summed E-state index contributed by atoms with van der Waals surface area (Å²) in [6, 6.07) is 11.4. The minimum absolute atomic E-state index is 0.0455. The first-order chi connectivity index (χ1) is 13.9. The number of hydrogen-bond acceptors (Lipinski definition) is 4. The van der Waals surface area contributed by atoms with Crippen molar-refractivity contribution >= 4 is 34.8 Å². The Bertz CT molecular complexity index is 827. The van der Waals surface area contributed by atoms with E-state index < -0.39 is 0 Å². The lowest BCUT2D eigenvalue weighted by atomic mass is 10.1. The minimum Gasteiger partial charge on any atom is -0.494 e. The van der Waals surface area contributed by atoms with E-state index in [1.165, 1.54) is 7.11 Å². The van der Waals surface area contributed by atoms with Crippen LogP contribution in [0.3, 0.4) is 0 Å². The number of rotatable bonds is 7. The van der Waals surface area contributed by atoms with Crippen LogP contribution in [0.15, 0.2) is 36.4 Å². The highest BCUT2D eigenvalue weighted by Gasteiger charge is 2.25. The topological polar surface area (TPSA) is 42.0 Å². The first kappa shape index (κ1) is 21.8. The summed E-state index contributed by atoms with van der Waals surface area (Å²) in [7, 11) is 5.49. The third kappa shape index (κ3) is 5.35. The van der Waals surface area contributed by atoms with Gasteiger partial charge >= 0.3 is 0 Å². The fourth-order valence-electron chi connectivity index (χ4n) is 3.43. The van der Waals surface area contributed by atoms with E-state index in [4.69, 9.17) is 32.7 Å². The number of halogens is 2. The molecule has 0 aliphatic carbocycles. The zero-order valence-corrected chi connectivity index (χ0v) is 18.5. The van der Waals surface area contributed by atoms with Crippen LogP contribution in [0, 0.1) is 0 Å². The monoisotopic (exact) mass is 436 g/mol. The van der Waals surface area contributed by atoms with Gasteiger partial charge in [-0.3, -0.25) is 4.79 Å². The van der Waals surface area contributed by atoms with Crippen LogP contribution in [0.1, 0.15) is 28.8 Å². The van der Waals surface area contributed by atoms with Crippen molar-refractivity contribution in [2.75, 3.05) is 39.3 Å². The predicted molar refractivity (Wildman–Crippen MR) is 117 cm³/mol.